The second kappa shape index (κ2) is 6.03. The summed E-state index contributed by atoms with van der Waals surface area (Å²) in [5, 5.41) is 11.9. The number of hydrogen-bond acceptors (Lipinski definition) is 3. The van der Waals surface area contributed by atoms with E-state index in [2.05, 4.69) is 12.2 Å². The summed E-state index contributed by atoms with van der Waals surface area (Å²) >= 11 is 1.87. The lowest BCUT2D eigenvalue weighted by atomic mass is 9.66. The lowest BCUT2D eigenvalue weighted by Crippen LogP contribution is -2.52. The molecule has 1 heterocycles. The van der Waals surface area contributed by atoms with Crippen molar-refractivity contribution in [3.63, 3.8) is 0 Å². The maximum Gasteiger partial charge on any atom is 0.317 e. The topological polar surface area (TPSA) is 69.6 Å². The standard InChI is InChI=1S/C13H22N2O3S/c1-10-8-19-6-5-15(10)12(18)14-9-13(3-2-4-13)7-11(16)17/h10H,2-9H2,1H3,(H,14,18)(H,16,17). The van der Waals surface area contributed by atoms with Gasteiger partial charge < -0.3 is 15.3 Å². The first kappa shape index (κ1) is 14.5. The lowest BCUT2D eigenvalue weighted by Gasteiger charge is -2.42. The number of aliphatic carboxylic acids is 1. The molecule has 1 atom stereocenters. The molecule has 6 heteroatoms. The highest BCUT2D eigenvalue weighted by Crippen LogP contribution is 2.43. The van der Waals surface area contributed by atoms with Crippen molar-refractivity contribution in [2.75, 3.05) is 24.6 Å². The van der Waals surface area contributed by atoms with Gasteiger partial charge >= 0.3 is 12.0 Å². The number of thioether (sulfide) groups is 1. The number of urea groups is 1. The molecule has 1 unspecified atom stereocenters. The molecule has 2 fully saturated rings. The first-order valence-electron chi connectivity index (χ1n) is 6.86. The molecule has 1 aliphatic heterocycles. The van der Waals surface area contributed by atoms with Crippen LogP contribution < -0.4 is 5.32 Å². The SMILES string of the molecule is CC1CSCCN1C(=O)NCC1(CC(=O)O)CCC1. The van der Waals surface area contributed by atoms with Crippen LogP contribution in [0.1, 0.15) is 32.6 Å². The normalized spacial score (nSPS) is 25.5. The molecule has 0 bridgehead atoms. The Morgan fingerprint density at radius 3 is 2.74 bits per heavy atom. The number of carbonyl (C=O) groups excluding carboxylic acids is 1. The minimum atomic E-state index is -0.767. The monoisotopic (exact) mass is 286 g/mol. The minimum absolute atomic E-state index is 0.0375. The summed E-state index contributed by atoms with van der Waals surface area (Å²) in [6.45, 7) is 3.33. The fourth-order valence-corrected chi connectivity index (χ4v) is 3.82. The zero-order valence-electron chi connectivity index (χ0n) is 11.4. The van der Waals surface area contributed by atoms with Gasteiger partial charge in [0.1, 0.15) is 0 Å². The van der Waals surface area contributed by atoms with Crippen LogP contribution in [0.15, 0.2) is 0 Å². The average molecular weight is 286 g/mol. The van der Waals surface area contributed by atoms with E-state index < -0.39 is 5.97 Å². The van der Waals surface area contributed by atoms with E-state index in [0.29, 0.717) is 6.54 Å². The van der Waals surface area contributed by atoms with Crippen LogP contribution in [-0.4, -0.2) is 52.6 Å². The van der Waals surface area contributed by atoms with Gasteiger partial charge in [0.05, 0.1) is 6.42 Å². The van der Waals surface area contributed by atoms with E-state index in [4.69, 9.17) is 5.11 Å². The van der Waals surface area contributed by atoms with Crippen LogP contribution in [0.5, 0.6) is 0 Å². The Labute approximate surface area is 118 Å². The number of hydrogen-bond donors (Lipinski definition) is 2. The number of carboxylic acids is 1. The molecule has 19 heavy (non-hydrogen) atoms. The predicted octanol–water partition coefficient (Wildman–Crippen LogP) is 1.78. The third-order valence-electron chi connectivity index (χ3n) is 4.18. The smallest absolute Gasteiger partial charge is 0.317 e. The van der Waals surface area contributed by atoms with Gasteiger partial charge in [-0.3, -0.25) is 4.79 Å². The molecule has 2 amide bonds. The third kappa shape index (κ3) is 3.55. The highest BCUT2D eigenvalue weighted by molar-refractivity contribution is 7.99. The summed E-state index contributed by atoms with van der Waals surface area (Å²) in [6, 6.07) is 0.222. The molecule has 2 rings (SSSR count). The molecule has 0 aromatic heterocycles. The van der Waals surface area contributed by atoms with Crippen LogP contribution in [0.25, 0.3) is 0 Å². The maximum absolute atomic E-state index is 12.1. The number of nitrogens with one attached hydrogen (secondary N) is 1. The van der Waals surface area contributed by atoms with Gasteiger partial charge in [-0.05, 0) is 25.2 Å². The van der Waals surface area contributed by atoms with E-state index >= 15 is 0 Å². The maximum atomic E-state index is 12.1. The van der Waals surface area contributed by atoms with Crippen molar-refractivity contribution < 1.29 is 14.7 Å². The molecule has 0 spiro atoms. The van der Waals surface area contributed by atoms with Gasteiger partial charge in [-0.25, -0.2) is 4.79 Å². The van der Waals surface area contributed by atoms with Crippen molar-refractivity contribution in [3.05, 3.63) is 0 Å². The highest BCUT2D eigenvalue weighted by Gasteiger charge is 2.39. The zero-order valence-corrected chi connectivity index (χ0v) is 12.2. The number of nitrogens with zero attached hydrogens (tertiary/aromatic N) is 1. The van der Waals surface area contributed by atoms with Crippen molar-refractivity contribution in [1.29, 1.82) is 0 Å². The molecule has 2 aliphatic rings. The van der Waals surface area contributed by atoms with Crippen molar-refractivity contribution >= 4 is 23.8 Å². The number of amides is 2. The second-order valence-electron chi connectivity index (χ2n) is 5.70. The molecule has 1 aliphatic carbocycles. The first-order chi connectivity index (χ1) is 9.02. The molecule has 5 nitrogen and oxygen atoms in total. The summed E-state index contributed by atoms with van der Waals surface area (Å²) in [4.78, 5) is 24.9. The van der Waals surface area contributed by atoms with Crippen LogP contribution in [0.4, 0.5) is 4.79 Å². The Bertz CT molecular complexity index is 358. The van der Waals surface area contributed by atoms with Crippen LogP contribution in [0, 0.1) is 5.41 Å². The Balaban J connectivity index is 1.83. The van der Waals surface area contributed by atoms with Gasteiger partial charge in [0, 0.05) is 30.6 Å². The van der Waals surface area contributed by atoms with Crippen molar-refractivity contribution in [1.82, 2.24) is 10.2 Å². The summed E-state index contributed by atoms with van der Waals surface area (Å²) in [7, 11) is 0. The van der Waals surface area contributed by atoms with Gasteiger partial charge in [-0.2, -0.15) is 11.8 Å². The predicted molar refractivity (Wildman–Crippen MR) is 75.4 cm³/mol. The van der Waals surface area contributed by atoms with Crippen molar-refractivity contribution in [2.45, 2.75) is 38.6 Å². The van der Waals surface area contributed by atoms with Crippen molar-refractivity contribution in [2.24, 2.45) is 5.41 Å². The van der Waals surface area contributed by atoms with E-state index in [9.17, 15) is 9.59 Å². The summed E-state index contributed by atoms with van der Waals surface area (Å²) in [6.07, 6.45) is 3.05. The molecule has 0 aromatic rings. The number of carbonyl (C=O) groups is 2. The molecule has 2 N–H and O–H groups in total. The average Bonchev–Trinajstić information content (AvgIpc) is 2.32. The fraction of sp³-hybridized carbons (Fsp3) is 0.846. The van der Waals surface area contributed by atoms with Gasteiger partial charge in [0.15, 0.2) is 0 Å². The Kier molecular flexibility index (Phi) is 4.60. The Morgan fingerprint density at radius 1 is 1.47 bits per heavy atom. The summed E-state index contributed by atoms with van der Waals surface area (Å²) in [5.74, 6) is 1.20. The fourth-order valence-electron chi connectivity index (χ4n) is 2.81. The highest BCUT2D eigenvalue weighted by atomic mass is 32.2. The van der Waals surface area contributed by atoms with E-state index in [1.165, 1.54) is 0 Å². The molecule has 0 aromatic carbocycles. The minimum Gasteiger partial charge on any atom is -0.481 e. The first-order valence-corrected chi connectivity index (χ1v) is 8.02. The van der Waals surface area contributed by atoms with Gasteiger partial charge in [0.2, 0.25) is 0 Å². The van der Waals surface area contributed by atoms with Crippen molar-refractivity contribution in [3.8, 4) is 0 Å². The molecule has 108 valence electrons. The summed E-state index contributed by atoms with van der Waals surface area (Å²) < 4.78 is 0. The second-order valence-corrected chi connectivity index (χ2v) is 6.85. The Morgan fingerprint density at radius 2 is 2.21 bits per heavy atom. The van der Waals surface area contributed by atoms with E-state index in [1.54, 1.807) is 0 Å². The van der Waals surface area contributed by atoms with Gasteiger partial charge in [0.25, 0.3) is 0 Å². The molecule has 0 radical (unpaired) electrons. The third-order valence-corrected chi connectivity index (χ3v) is 5.37. The van der Waals surface area contributed by atoms with E-state index in [1.807, 2.05) is 16.7 Å². The van der Waals surface area contributed by atoms with Crippen LogP contribution >= 0.6 is 11.8 Å². The van der Waals surface area contributed by atoms with E-state index in [-0.39, 0.29) is 23.9 Å². The van der Waals surface area contributed by atoms with E-state index in [0.717, 1.165) is 37.3 Å². The van der Waals surface area contributed by atoms with Gasteiger partial charge in [-0.15, -0.1) is 0 Å². The van der Waals surface area contributed by atoms with Crippen LogP contribution in [0.3, 0.4) is 0 Å². The quantitative estimate of drug-likeness (QED) is 0.826. The molecular formula is C13H22N2O3S. The zero-order chi connectivity index (χ0) is 13.9. The van der Waals surface area contributed by atoms with Crippen LogP contribution in [-0.2, 0) is 4.79 Å². The Hall–Kier alpha value is -0.910. The summed E-state index contributed by atoms with van der Waals surface area (Å²) in [5.41, 5.74) is -0.199. The number of carboxylic acid groups (broad SMARTS) is 1. The largest absolute Gasteiger partial charge is 0.481 e. The molecule has 1 saturated carbocycles. The molecular weight excluding hydrogens is 264 g/mol. The number of rotatable bonds is 4. The van der Waals surface area contributed by atoms with Gasteiger partial charge in [-0.1, -0.05) is 6.42 Å². The van der Waals surface area contributed by atoms with Crippen LogP contribution in [0.2, 0.25) is 0 Å². The molecule has 1 saturated heterocycles. The lowest BCUT2D eigenvalue weighted by molar-refractivity contribution is -0.141.